The van der Waals surface area contributed by atoms with Gasteiger partial charge in [-0.25, -0.2) is 9.97 Å². The lowest BCUT2D eigenvalue weighted by Crippen LogP contribution is -2.62. The Balaban J connectivity index is 1.48. The highest BCUT2D eigenvalue weighted by atomic mass is 35.5. The summed E-state index contributed by atoms with van der Waals surface area (Å²) in [6.07, 6.45) is 0.934. The van der Waals surface area contributed by atoms with Crippen LogP contribution in [-0.4, -0.2) is 70.5 Å². The summed E-state index contributed by atoms with van der Waals surface area (Å²) in [4.78, 5) is 37.8. The SMILES string of the molecule is CO[C@H](C)C1C(=O)N(Cc2ccc3c(N)ncnc3c2)CCN1C(=O)COc1ccc(Cl)s1. The van der Waals surface area contributed by atoms with Gasteiger partial charge in [0.25, 0.3) is 5.91 Å². The van der Waals surface area contributed by atoms with Crippen molar-refractivity contribution in [2.45, 2.75) is 25.6 Å². The maximum atomic E-state index is 13.4. The topological polar surface area (TPSA) is 111 Å². The van der Waals surface area contributed by atoms with Crippen LogP contribution < -0.4 is 10.5 Å². The number of nitrogens with two attached hydrogens (primary N) is 1. The summed E-state index contributed by atoms with van der Waals surface area (Å²) in [5.74, 6) is -0.0412. The number of hydrogen-bond acceptors (Lipinski definition) is 8. The normalized spacial score (nSPS) is 17.4. The van der Waals surface area contributed by atoms with E-state index in [4.69, 9.17) is 26.8 Å². The van der Waals surface area contributed by atoms with E-state index >= 15 is 0 Å². The van der Waals surface area contributed by atoms with E-state index < -0.39 is 12.1 Å². The van der Waals surface area contributed by atoms with Crippen molar-refractivity contribution in [1.29, 1.82) is 0 Å². The molecule has 0 saturated carbocycles. The molecule has 3 aromatic rings. The van der Waals surface area contributed by atoms with Crippen LogP contribution in [-0.2, 0) is 20.9 Å². The van der Waals surface area contributed by atoms with Crippen LogP contribution in [0.3, 0.4) is 0 Å². The van der Waals surface area contributed by atoms with Crippen LogP contribution in [0.15, 0.2) is 36.7 Å². The first-order valence-corrected chi connectivity index (χ1v) is 11.5. The Kier molecular flexibility index (Phi) is 6.96. The molecular formula is C22H24ClN5O4S. The van der Waals surface area contributed by atoms with Crippen molar-refractivity contribution in [2.75, 3.05) is 32.5 Å². The van der Waals surface area contributed by atoms with E-state index in [1.54, 1.807) is 24.0 Å². The van der Waals surface area contributed by atoms with Gasteiger partial charge in [0.05, 0.1) is 16.0 Å². The minimum atomic E-state index is -0.745. The van der Waals surface area contributed by atoms with Crippen molar-refractivity contribution < 1.29 is 19.1 Å². The van der Waals surface area contributed by atoms with Gasteiger partial charge in [-0.05, 0) is 36.8 Å². The fourth-order valence-electron chi connectivity index (χ4n) is 3.85. The number of nitrogens with zero attached hydrogens (tertiary/aromatic N) is 4. The molecule has 174 valence electrons. The van der Waals surface area contributed by atoms with Gasteiger partial charge in [-0.2, -0.15) is 0 Å². The van der Waals surface area contributed by atoms with Crippen molar-refractivity contribution in [2.24, 2.45) is 0 Å². The summed E-state index contributed by atoms with van der Waals surface area (Å²) in [5, 5.41) is 1.32. The number of thiophene rings is 1. The van der Waals surface area contributed by atoms with Crippen molar-refractivity contribution in [3.8, 4) is 5.06 Å². The number of methoxy groups -OCH3 is 1. The van der Waals surface area contributed by atoms with Crippen LogP contribution in [0, 0.1) is 0 Å². The number of anilines is 1. The number of nitrogen functional groups attached to an aromatic ring is 1. The number of halogens is 1. The number of piperazine rings is 1. The number of benzene rings is 1. The Labute approximate surface area is 200 Å². The molecule has 1 aliphatic rings. The second kappa shape index (κ2) is 9.90. The lowest BCUT2D eigenvalue weighted by Gasteiger charge is -2.42. The number of aromatic nitrogens is 2. The molecule has 1 unspecified atom stereocenters. The molecule has 0 spiro atoms. The number of ether oxygens (including phenoxy) is 2. The molecule has 0 aliphatic carbocycles. The molecule has 2 amide bonds. The average Bonchev–Trinajstić information content (AvgIpc) is 3.23. The zero-order chi connectivity index (χ0) is 23.5. The van der Waals surface area contributed by atoms with E-state index in [1.807, 2.05) is 18.2 Å². The minimum Gasteiger partial charge on any atom is -0.474 e. The van der Waals surface area contributed by atoms with Gasteiger partial charge in [0.15, 0.2) is 11.7 Å². The molecule has 2 aromatic heterocycles. The molecule has 1 saturated heterocycles. The second-order valence-electron chi connectivity index (χ2n) is 7.69. The summed E-state index contributed by atoms with van der Waals surface area (Å²) >= 11 is 7.16. The number of carbonyl (C=O) groups excluding carboxylic acids is 2. The van der Waals surface area contributed by atoms with Crippen molar-refractivity contribution in [3.63, 3.8) is 0 Å². The molecule has 3 heterocycles. The van der Waals surface area contributed by atoms with Gasteiger partial charge in [0.2, 0.25) is 5.91 Å². The van der Waals surface area contributed by atoms with Crippen LogP contribution in [0.25, 0.3) is 10.9 Å². The maximum absolute atomic E-state index is 13.4. The first-order chi connectivity index (χ1) is 15.9. The first kappa shape index (κ1) is 23.2. The molecule has 2 N–H and O–H groups in total. The van der Waals surface area contributed by atoms with E-state index in [1.165, 1.54) is 29.7 Å². The van der Waals surface area contributed by atoms with Crippen LogP contribution in [0.1, 0.15) is 12.5 Å². The largest absolute Gasteiger partial charge is 0.474 e. The molecule has 4 rings (SSSR count). The van der Waals surface area contributed by atoms with E-state index in [0.29, 0.717) is 40.4 Å². The molecule has 33 heavy (non-hydrogen) atoms. The van der Waals surface area contributed by atoms with E-state index in [9.17, 15) is 9.59 Å². The molecule has 1 aromatic carbocycles. The maximum Gasteiger partial charge on any atom is 0.261 e. The number of rotatable bonds is 7. The number of hydrogen-bond donors (Lipinski definition) is 1. The Morgan fingerprint density at radius 3 is 2.85 bits per heavy atom. The van der Waals surface area contributed by atoms with Crippen molar-refractivity contribution in [1.82, 2.24) is 19.8 Å². The predicted molar refractivity (Wildman–Crippen MR) is 126 cm³/mol. The van der Waals surface area contributed by atoms with Gasteiger partial charge in [-0.3, -0.25) is 9.59 Å². The molecule has 9 nitrogen and oxygen atoms in total. The smallest absolute Gasteiger partial charge is 0.261 e. The molecule has 2 atom stereocenters. The fourth-order valence-corrected chi connectivity index (χ4v) is 4.72. The molecular weight excluding hydrogens is 466 g/mol. The summed E-state index contributed by atoms with van der Waals surface area (Å²) in [5.41, 5.74) is 7.53. The van der Waals surface area contributed by atoms with E-state index in [2.05, 4.69) is 9.97 Å². The van der Waals surface area contributed by atoms with Gasteiger partial charge in [0, 0.05) is 32.1 Å². The zero-order valence-corrected chi connectivity index (χ0v) is 19.8. The third-order valence-corrected chi connectivity index (χ3v) is 6.78. The van der Waals surface area contributed by atoms with Crippen LogP contribution in [0.5, 0.6) is 5.06 Å². The highest BCUT2D eigenvalue weighted by Gasteiger charge is 2.41. The van der Waals surface area contributed by atoms with Crippen molar-refractivity contribution >= 4 is 51.5 Å². The van der Waals surface area contributed by atoms with Crippen molar-refractivity contribution in [3.05, 3.63) is 46.6 Å². The van der Waals surface area contributed by atoms with E-state index in [0.717, 1.165) is 10.9 Å². The van der Waals surface area contributed by atoms with Gasteiger partial charge >= 0.3 is 0 Å². The predicted octanol–water partition coefficient (Wildman–Crippen LogP) is 2.58. The molecule has 1 fully saturated rings. The summed E-state index contributed by atoms with van der Waals surface area (Å²) < 4.78 is 11.6. The quantitative estimate of drug-likeness (QED) is 0.543. The van der Waals surface area contributed by atoms with Gasteiger partial charge in [-0.15, -0.1) is 0 Å². The number of fused-ring (bicyclic) bond motifs is 1. The monoisotopic (exact) mass is 489 g/mol. The Morgan fingerprint density at radius 2 is 2.12 bits per heavy atom. The van der Waals surface area contributed by atoms with Crippen LogP contribution in [0.4, 0.5) is 5.82 Å². The van der Waals surface area contributed by atoms with Crippen LogP contribution in [0.2, 0.25) is 4.34 Å². The Bertz CT molecular complexity index is 1170. The minimum absolute atomic E-state index is 0.176. The summed E-state index contributed by atoms with van der Waals surface area (Å²) in [6.45, 7) is 2.76. The highest BCUT2D eigenvalue weighted by molar-refractivity contribution is 7.17. The second-order valence-corrected chi connectivity index (χ2v) is 9.37. The lowest BCUT2D eigenvalue weighted by atomic mass is 10.0. The molecule has 11 heteroatoms. The van der Waals surface area contributed by atoms with Gasteiger partial charge in [-0.1, -0.05) is 29.0 Å². The lowest BCUT2D eigenvalue weighted by molar-refractivity contribution is -0.159. The molecule has 0 radical (unpaired) electrons. The molecule has 0 bridgehead atoms. The van der Waals surface area contributed by atoms with Gasteiger partial charge < -0.3 is 25.0 Å². The third kappa shape index (κ3) is 5.02. The summed E-state index contributed by atoms with van der Waals surface area (Å²) in [7, 11) is 1.52. The zero-order valence-electron chi connectivity index (χ0n) is 18.2. The highest BCUT2D eigenvalue weighted by Crippen LogP contribution is 2.28. The Morgan fingerprint density at radius 1 is 1.30 bits per heavy atom. The summed E-state index contributed by atoms with van der Waals surface area (Å²) in [6, 6.07) is 8.32. The van der Waals surface area contributed by atoms with Crippen LogP contribution >= 0.6 is 22.9 Å². The van der Waals surface area contributed by atoms with Gasteiger partial charge in [0.1, 0.15) is 18.2 Å². The number of amides is 2. The fraction of sp³-hybridized carbons (Fsp3) is 0.364. The molecule has 1 aliphatic heterocycles. The van der Waals surface area contributed by atoms with E-state index in [-0.39, 0.29) is 18.4 Å². The average molecular weight is 490 g/mol. The number of carbonyl (C=O) groups is 2. The third-order valence-electron chi connectivity index (χ3n) is 5.64. The standard InChI is InChI=1S/C22H24ClN5O4S/c1-13(31-2)20-22(30)27(10-14-3-4-15-16(9-14)25-12-26-21(15)24)7-8-28(20)18(29)11-32-19-6-5-17(23)33-19/h3-6,9,12-13,20H,7-8,10-11H2,1-2H3,(H2,24,25,26)/t13-,20?/m1/s1. The Hall–Kier alpha value is -2.95. The first-order valence-electron chi connectivity index (χ1n) is 10.4.